The zero-order valence-corrected chi connectivity index (χ0v) is 13.3. The molecule has 0 aromatic heterocycles. The predicted molar refractivity (Wildman–Crippen MR) is 90.2 cm³/mol. The number of nitrogens with two attached hydrogens (primary N) is 1. The highest BCUT2D eigenvalue weighted by Gasteiger charge is 2.07. The SMILES string of the molecule is Cc1ccc(N)cc1NC(=O)CCOc1cccc(C)c1C. The van der Waals surface area contributed by atoms with Gasteiger partial charge in [-0.2, -0.15) is 0 Å². The summed E-state index contributed by atoms with van der Waals surface area (Å²) in [5.41, 5.74) is 10.4. The maximum atomic E-state index is 12.0. The van der Waals surface area contributed by atoms with Gasteiger partial charge in [0.2, 0.25) is 5.91 Å². The summed E-state index contributed by atoms with van der Waals surface area (Å²) >= 11 is 0. The van der Waals surface area contributed by atoms with Gasteiger partial charge in [0.05, 0.1) is 13.0 Å². The highest BCUT2D eigenvalue weighted by molar-refractivity contribution is 5.92. The number of rotatable bonds is 5. The Morgan fingerprint density at radius 2 is 1.91 bits per heavy atom. The minimum atomic E-state index is -0.0843. The average Bonchev–Trinajstić information content (AvgIpc) is 2.47. The second kappa shape index (κ2) is 6.98. The lowest BCUT2D eigenvalue weighted by molar-refractivity contribution is -0.116. The van der Waals surface area contributed by atoms with Crippen LogP contribution < -0.4 is 15.8 Å². The molecule has 0 heterocycles. The number of hydrogen-bond acceptors (Lipinski definition) is 3. The molecule has 4 nitrogen and oxygen atoms in total. The Bertz CT molecular complexity index is 681. The first-order valence-corrected chi connectivity index (χ1v) is 7.32. The van der Waals surface area contributed by atoms with Crippen LogP contribution in [0.5, 0.6) is 5.75 Å². The van der Waals surface area contributed by atoms with Crippen LogP contribution in [0.15, 0.2) is 36.4 Å². The number of amides is 1. The number of hydrogen-bond donors (Lipinski definition) is 2. The molecule has 0 spiro atoms. The lowest BCUT2D eigenvalue weighted by atomic mass is 10.1. The molecule has 2 aromatic rings. The third-order valence-electron chi connectivity index (χ3n) is 3.68. The van der Waals surface area contributed by atoms with Gasteiger partial charge in [-0.1, -0.05) is 18.2 Å². The third kappa shape index (κ3) is 4.01. The summed E-state index contributed by atoms with van der Waals surface area (Å²) in [5.74, 6) is 0.743. The Balaban J connectivity index is 1.88. The zero-order valence-electron chi connectivity index (χ0n) is 13.3. The molecule has 0 aliphatic heterocycles. The highest BCUT2D eigenvalue weighted by atomic mass is 16.5. The van der Waals surface area contributed by atoms with E-state index in [2.05, 4.69) is 5.32 Å². The summed E-state index contributed by atoms with van der Waals surface area (Å²) in [6.07, 6.45) is 0.293. The van der Waals surface area contributed by atoms with Crippen molar-refractivity contribution in [2.24, 2.45) is 0 Å². The van der Waals surface area contributed by atoms with Crippen molar-refractivity contribution in [2.45, 2.75) is 27.2 Å². The van der Waals surface area contributed by atoms with Gasteiger partial charge in [-0.25, -0.2) is 0 Å². The van der Waals surface area contributed by atoms with E-state index in [0.29, 0.717) is 18.7 Å². The molecule has 3 N–H and O–H groups in total. The van der Waals surface area contributed by atoms with E-state index >= 15 is 0 Å². The lowest BCUT2D eigenvalue weighted by Gasteiger charge is -2.12. The van der Waals surface area contributed by atoms with E-state index in [1.54, 1.807) is 6.07 Å². The third-order valence-corrected chi connectivity index (χ3v) is 3.68. The summed E-state index contributed by atoms with van der Waals surface area (Å²) in [6, 6.07) is 11.4. The zero-order chi connectivity index (χ0) is 16.1. The Hall–Kier alpha value is -2.49. The van der Waals surface area contributed by atoms with E-state index in [0.717, 1.165) is 22.6 Å². The number of nitrogen functional groups attached to an aromatic ring is 1. The molecule has 0 aliphatic carbocycles. The lowest BCUT2D eigenvalue weighted by Crippen LogP contribution is -2.16. The van der Waals surface area contributed by atoms with Crippen molar-refractivity contribution < 1.29 is 9.53 Å². The van der Waals surface area contributed by atoms with Crippen molar-refractivity contribution in [3.8, 4) is 5.75 Å². The van der Waals surface area contributed by atoms with E-state index in [1.165, 1.54) is 5.56 Å². The van der Waals surface area contributed by atoms with Crippen LogP contribution in [-0.4, -0.2) is 12.5 Å². The Morgan fingerprint density at radius 1 is 1.14 bits per heavy atom. The average molecular weight is 298 g/mol. The van der Waals surface area contributed by atoms with Crippen molar-refractivity contribution in [1.29, 1.82) is 0 Å². The standard InChI is InChI=1S/C18H22N2O2/c1-12-5-4-6-17(14(12)3)22-10-9-18(21)20-16-11-15(19)8-7-13(16)2/h4-8,11H,9-10,19H2,1-3H3,(H,20,21). The molecule has 0 fully saturated rings. The van der Waals surface area contributed by atoms with Gasteiger partial charge in [0.25, 0.3) is 0 Å². The topological polar surface area (TPSA) is 64.3 Å². The molecule has 1 amide bonds. The predicted octanol–water partition coefficient (Wildman–Crippen LogP) is 3.60. The fourth-order valence-corrected chi connectivity index (χ4v) is 2.12. The van der Waals surface area contributed by atoms with Gasteiger partial charge in [-0.15, -0.1) is 0 Å². The first kappa shape index (κ1) is 15.9. The van der Waals surface area contributed by atoms with Crippen molar-refractivity contribution in [3.63, 3.8) is 0 Å². The molecule has 22 heavy (non-hydrogen) atoms. The molecule has 4 heteroatoms. The molecule has 0 saturated heterocycles. The van der Waals surface area contributed by atoms with Crippen LogP contribution in [0.25, 0.3) is 0 Å². The van der Waals surface area contributed by atoms with Crippen LogP contribution in [-0.2, 0) is 4.79 Å². The van der Waals surface area contributed by atoms with Crippen LogP contribution >= 0.6 is 0 Å². The minimum Gasteiger partial charge on any atom is -0.493 e. The monoisotopic (exact) mass is 298 g/mol. The van der Waals surface area contributed by atoms with Crippen molar-refractivity contribution >= 4 is 17.3 Å². The number of ether oxygens (including phenoxy) is 1. The number of carbonyl (C=O) groups is 1. The number of anilines is 2. The summed E-state index contributed by atoms with van der Waals surface area (Å²) in [7, 11) is 0. The van der Waals surface area contributed by atoms with Crippen LogP contribution in [0.1, 0.15) is 23.1 Å². The largest absolute Gasteiger partial charge is 0.493 e. The van der Waals surface area contributed by atoms with E-state index in [9.17, 15) is 4.79 Å². The van der Waals surface area contributed by atoms with Crippen molar-refractivity contribution in [3.05, 3.63) is 53.1 Å². The molecule has 0 aliphatic rings. The first-order valence-electron chi connectivity index (χ1n) is 7.32. The molecular weight excluding hydrogens is 276 g/mol. The maximum Gasteiger partial charge on any atom is 0.227 e. The number of benzene rings is 2. The molecule has 0 saturated carbocycles. The van der Waals surface area contributed by atoms with Gasteiger partial charge in [-0.05, 0) is 55.7 Å². The second-order valence-electron chi connectivity index (χ2n) is 5.42. The summed E-state index contributed by atoms with van der Waals surface area (Å²) in [6.45, 7) is 6.33. The smallest absolute Gasteiger partial charge is 0.227 e. The Labute approximate surface area is 131 Å². The second-order valence-corrected chi connectivity index (χ2v) is 5.42. The Kier molecular flexibility index (Phi) is 5.04. The maximum absolute atomic E-state index is 12.0. The quantitative estimate of drug-likeness (QED) is 0.829. The van der Waals surface area contributed by atoms with Crippen LogP contribution in [0.4, 0.5) is 11.4 Å². The molecular formula is C18H22N2O2. The molecule has 0 bridgehead atoms. The van der Waals surface area contributed by atoms with Gasteiger partial charge in [0, 0.05) is 11.4 Å². The molecule has 0 atom stereocenters. The van der Waals surface area contributed by atoms with Crippen molar-refractivity contribution in [2.75, 3.05) is 17.7 Å². The minimum absolute atomic E-state index is 0.0843. The van der Waals surface area contributed by atoms with Crippen LogP contribution in [0.2, 0.25) is 0 Å². The van der Waals surface area contributed by atoms with Gasteiger partial charge in [-0.3, -0.25) is 4.79 Å². The first-order chi connectivity index (χ1) is 10.5. The summed E-state index contributed by atoms with van der Waals surface area (Å²) in [5, 5.41) is 2.86. The van der Waals surface area contributed by atoms with E-state index < -0.39 is 0 Å². The summed E-state index contributed by atoms with van der Waals surface area (Å²) in [4.78, 5) is 12.0. The highest BCUT2D eigenvalue weighted by Crippen LogP contribution is 2.21. The van der Waals surface area contributed by atoms with E-state index in [4.69, 9.17) is 10.5 Å². The normalized spacial score (nSPS) is 10.3. The molecule has 2 aromatic carbocycles. The fourth-order valence-electron chi connectivity index (χ4n) is 2.12. The molecule has 0 radical (unpaired) electrons. The van der Waals surface area contributed by atoms with E-state index in [1.807, 2.05) is 51.1 Å². The van der Waals surface area contributed by atoms with E-state index in [-0.39, 0.29) is 5.91 Å². The number of nitrogens with one attached hydrogen (secondary N) is 1. The van der Waals surface area contributed by atoms with Gasteiger partial charge in [0.15, 0.2) is 0 Å². The van der Waals surface area contributed by atoms with Gasteiger partial charge in [0.1, 0.15) is 5.75 Å². The van der Waals surface area contributed by atoms with Crippen molar-refractivity contribution in [1.82, 2.24) is 0 Å². The fraction of sp³-hybridized carbons (Fsp3) is 0.278. The Morgan fingerprint density at radius 3 is 2.68 bits per heavy atom. The summed E-state index contributed by atoms with van der Waals surface area (Å²) < 4.78 is 5.69. The van der Waals surface area contributed by atoms with Gasteiger partial charge >= 0.3 is 0 Å². The number of aryl methyl sites for hydroxylation is 2. The molecule has 0 unspecified atom stereocenters. The van der Waals surface area contributed by atoms with Crippen LogP contribution in [0, 0.1) is 20.8 Å². The van der Waals surface area contributed by atoms with Crippen LogP contribution in [0.3, 0.4) is 0 Å². The van der Waals surface area contributed by atoms with Gasteiger partial charge < -0.3 is 15.8 Å². The molecule has 116 valence electrons. The number of carbonyl (C=O) groups excluding carboxylic acids is 1. The molecule has 2 rings (SSSR count).